The number of hydrogen-bond donors (Lipinski definition) is 2. The molecule has 2 atom stereocenters. The predicted molar refractivity (Wildman–Crippen MR) is 82.4 cm³/mol. The summed E-state index contributed by atoms with van der Waals surface area (Å²) in [6.07, 6.45) is 8.01. The van der Waals surface area contributed by atoms with Crippen molar-refractivity contribution < 1.29 is 14.9 Å². The summed E-state index contributed by atoms with van der Waals surface area (Å²) in [6.45, 7) is 6.11. The summed E-state index contributed by atoms with van der Waals surface area (Å²) in [7, 11) is 0. The van der Waals surface area contributed by atoms with Gasteiger partial charge < -0.3 is 24.4 Å². The Morgan fingerprint density at radius 2 is 2.05 bits per heavy atom. The number of hydrogen-bond acceptors (Lipinski definition) is 5. The maximum absolute atomic E-state index is 10.5. The van der Waals surface area contributed by atoms with Crippen molar-refractivity contribution in [3.05, 3.63) is 18.7 Å². The molecular formula is C16H27N3O3. The maximum Gasteiger partial charge on any atom is 0.111 e. The first-order chi connectivity index (χ1) is 10.5. The summed E-state index contributed by atoms with van der Waals surface area (Å²) < 4.78 is 8.01. The van der Waals surface area contributed by atoms with E-state index in [1.54, 1.807) is 13.1 Å². The largest absolute Gasteiger partial charge is 0.387 e. The van der Waals surface area contributed by atoms with Gasteiger partial charge >= 0.3 is 0 Å². The zero-order chi connectivity index (χ0) is 15.6. The average molecular weight is 309 g/mol. The van der Waals surface area contributed by atoms with Crippen LogP contribution in [-0.4, -0.2) is 68.2 Å². The standard InChI is InChI=1S/C16H27N3O3/c1-15(21)5-12-22-16(14(15)20)3-9-18(10-4-16)7-2-8-19-11-6-17-13-19/h6,11,13-14,20-21H,2-5,7-10,12H2,1H3/t14-,15+/m0/s1. The van der Waals surface area contributed by atoms with Crippen LogP contribution in [0.2, 0.25) is 0 Å². The van der Waals surface area contributed by atoms with Crippen molar-refractivity contribution in [2.75, 3.05) is 26.2 Å². The third-order valence-electron chi connectivity index (χ3n) is 5.24. The van der Waals surface area contributed by atoms with Crippen LogP contribution in [0.4, 0.5) is 0 Å². The van der Waals surface area contributed by atoms with Crippen LogP contribution < -0.4 is 0 Å². The highest BCUT2D eigenvalue weighted by atomic mass is 16.5. The highest BCUT2D eigenvalue weighted by molar-refractivity contribution is 5.04. The molecule has 1 aromatic rings. The molecule has 2 aliphatic heterocycles. The Bertz CT molecular complexity index is 467. The number of nitrogens with zero attached hydrogens (tertiary/aromatic N) is 3. The molecule has 0 aromatic carbocycles. The first-order valence-electron chi connectivity index (χ1n) is 8.24. The molecule has 6 heteroatoms. The average Bonchev–Trinajstić information content (AvgIpc) is 3.00. The van der Waals surface area contributed by atoms with Gasteiger partial charge in [0.15, 0.2) is 0 Å². The van der Waals surface area contributed by atoms with E-state index in [1.165, 1.54) is 0 Å². The van der Waals surface area contributed by atoms with Crippen LogP contribution in [0.25, 0.3) is 0 Å². The van der Waals surface area contributed by atoms with Gasteiger partial charge in [-0.15, -0.1) is 0 Å². The van der Waals surface area contributed by atoms with E-state index >= 15 is 0 Å². The second-order valence-electron chi connectivity index (χ2n) is 6.92. The molecular weight excluding hydrogens is 282 g/mol. The van der Waals surface area contributed by atoms with E-state index in [2.05, 4.69) is 14.5 Å². The Hall–Kier alpha value is -0.950. The molecule has 0 radical (unpaired) electrons. The molecule has 0 aliphatic carbocycles. The Balaban J connectivity index is 1.47. The molecule has 2 saturated heterocycles. The molecule has 2 fully saturated rings. The third kappa shape index (κ3) is 3.20. The summed E-state index contributed by atoms with van der Waals surface area (Å²) in [5.41, 5.74) is -1.58. The van der Waals surface area contributed by atoms with Gasteiger partial charge in [-0.3, -0.25) is 0 Å². The minimum absolute atomic E-state index is 0.505. The molecule has 22 heavy (non-hydrogen) atoms. The van der Waals surface area contributed by atoms with Crippen LogP contribution >= 0.6 is 0 Å². The van der Waals surface area contributed by atoms with Crippen molar-refractivity contribution in [1.29, 1.82) is 0 Å². The van der Waals surface area contributed by atoms with E-state index in [0.717, 1.165) is 45.4 Å². The zero-order valence-corrected chi connectivity index (χ0v) is 13.3. The van der Waals surface area contributed by atoms with Crippen molar-refractivity contribution in [2.45, 2.75) is 56.5 Å². The van der Waals surface area contributed by atoms with Crippen LogP contribution in [0, 0.1) is 0 Å². The molecule has 0 saturated carbocycles. The van der Waals surface area contributed by atoms with Gasteiger partial charge in [0.1, 0.15) is 6.10 Å². The first-order valence-corrected chi connectivity index (χ1v) is 8.24. The minimum atomic E-state index is -1.03. The van der Waals surface area contributed by atoms with Gasteiger partial charge in [0.05, 0.1) is 24.1 Å². The number of likely N-dealkylation sites (tertiary alicyclic amines) is 1. The fourth-order valence-electron chi connectivity index (χ4n) is 3.71. The fourth-order valence-corrected chi connectivity index (χ4v) is 3.71. The van der Waals surface area contributed by atoms with Gasteiger partial charge in [-0.05, 0) is 32.7 Å². The molecule has 1 aromatic heterocycles. The quantitative estimate of drug-likeness (QED) is 0.854. The van der Waals surface area contributed by atoms with E-state index in [0.29, 0.717) is 13.0 Å². The van der Waals surface area contributed by atoms with Crippen LogP contribution in [-0.2, 0) is 11.3 Å². The smallest absolute Gasteiger partial charge is 0.111 e. The van der Waals surface area contributed by atoms with Gasteiger partial charge in [0, 0.05) is 38.4 Å². The molecule has 1 spiro atoms. The Labute approximate surface area is 131 Å². The van der Waals surface area contributed by atoms with Crippen LogP contribution in [0.5, 0.6) is 0 Å². The molecule has 3 heterocycles. The van der Waals surface area contributed by atoms with Gasteiger partial charge in [-0.1, -0.05) is 0 Å². The number of aliphatic hydroxyl groups is 2. The van der Waals surface area contributed by atoms with Gasteiger partial charge in [0.25, 0.3) is 0 Å². The molecule has 124 valence electrons. The van der Waals surface area contributed by atoms with Crippen molar-refractivity contribution >= 4 is 0 Å². The highest BCUT2D eigenvalue weighted by Crippen LogP contribution is 2.39. The predicted octanol–water partition coefficient (Wildman–Crippen LogP) is 0.640. The summed E-state index contributed by atoms with van der Waals surface area (Å²) in [5, 5.41) is 20.8. The molecule has 6 nitrogen and oxygen atoms in total. The SMILES string of the molecule is C[C@@]1(O)CCOC2(CCN(CCCn3ccnc3)CC2)[C@H]1O. The number of aryl methyl sites for hydroxylation is 1. The monoisotopic (exact) mass is 309 g/mol. The van der Waals surface area contributed by atoms with Crippen molar-refractivity contribution in [3.63, 3.8) is 0 Å². The van der Waals surface area contributed by atoms with Gasteiger partial charge in [-0.2, -0.15) is 0 Å². The van der Waals surface area contributed by atoms with E-state index in [1.807, 2.05) is 12.5 Å². The summed E-state index contributed by atoms with van der Waals surface area (Å²) in [4.78, 5) is 6.47. The third-order valence-corrected chi connectivity index (χ3v) is 5.24. The van der Waals surface area contributed by atoms with E-state index in [9.17, 15) is 10.2 Å². The lowest BCUT2D eigenvalue weighted by Crippen LogP contribution is -2.64. The normalized spacial score (nSPS) is 32.4. The van der Waals surface area contributed by atoms with Crippen molar-refractivity contribution in [2.24, 2.45) is 0 Å². The van der Waals surface area contributed by atoms with E-state index in [4.69, 9.17) is 4.74 Å². The number of piperidine rings is 1. The summed E-state index contributed by atoms with van der Waals surface area (Å²) in [6, 6.07) is 0. The molecule has 0 unspecified atom stereocenters. The summed E-state index contributed by atoms with van der Waals surface area (Å²) in [5.74, 6) is 0. The van der Waals surface area contributed by atoms with Crippen LogP contribution in [0.3, 0.4) is 0 Å². The Morgan fingerprint density at radius 3 is 2.73 bits per heavy atom. The summed E-state index contributed by atoms with van der Waals surface area (Å²) >= 11 is 0. The zero-order valence-electron chi connectivity index (χ0n) is 13.3. The second-order valence-corrected chi connectivity index (χ2v) is 6.92. The molecule has 3 rings (SSSR count). The van der Waals surface area contributed by atoms with Crippen LogP contribution in [0.1, 0.15) is 32.6 Å². The number of aliphatic hydroxyl groups excluding tert-OH is 1. The van der Waals surface area contributed by atoms with Gasteiger partial charge in [0.2, 0.25) is 0 Å². The number of aromatic nitrogens is 2. The van der Waals surface area contributed by atoms with Gasteiger partial charge in [-0.25, -0.2) is 4.98 Å². The number of rotatable bonds is 4. The molecule has 0 amide bonds. The van der Waals surface area contributed by atoms with Crippen molar-refractivity contribution in [1.82, 2.24) is 14.5 Å². The Morgan fingerprint density at radius 1 is 1.27 bits per heavy atom. The minimum Gasteiger partial charge on any atom is -0.387 e. The lowest BCUT2D eigenvalue weighted by atomic mass is 9.75. The molecule has 2 aliphatic rings. The first kappa shape index (κ1) is 15.9. The maximum atomic E-state index is 10.5. The van der Waals surface area contributed by atoms with Crippen molar-refractivity contribution in [3.8, 4) is 0 Å². The molecule has 0 bridgehead atoms. The lowest BCUT2D eigenvalue weighted by Gasteiger charge is -2.51. The number of imidazole rings is 1. The van der Waals surface area contributed by atoms with Crippen LogP contribution in [0.15, 0.2) is 18.7 Å². The van der Waals surface area contributed by atoms with E-state index < -0.39 is 17.3 Å². The lowest BCUT2D eigenvalue weighted by molar-refractivity contribution is -0.246. The molecule has 2 N–H and O–H groups in total. The number of ether oxygens (including phenoxy) is 1. The topological polar surface area (TPSA) is 70.8 Å². The fraction of sp³-hybridized carbons (Fsp3) is 0.812. The second kappa shape index (κ2) is 6.28. The highest BCUT2D eigenvalue weighted by Gasteiger charge is 2.52. The van der Waals surface area contributed by atoms with E-state index in [-0.39, 0.29) is 0 Å². The Kier molecular flexibility index (Phi) is 4.54.